The van der Waals surface area contributed by atoms with Crippen molar-refractivity contribution in [3.8, 4) is 0 Å². The first-order valence-corrected chi connectivity index (χ1v) is 7.48. The molecule has 0 unspecified atom stereocenters. The Bertz CT molecular complexity index is 520. The van der Waals surface area contributed by atoms with Crippen molar-refractivity contribution in [3.63, 3.8) is 0 Å². The topological polar surface area (TPSA) is 0 Å². The van der Waals surface area contributed by atoms with E-state index in [0.717, 1.165) is 22.8 Å². The van der Waals surface area contributed by atoms with Crippen LogP contribution in [0.4, 0.5) is 0 Å². The van der Waals surface area contributed by atoms with E-state index in [-0.39, 0.29) is 0 Å². The van der Waals surface area contributed by atoms with Gasteiger partial charge in [0.25, 0.3) is 0 Å². The minimum absolute atomic E-state index is 0.922. The quantitative estimate of drug-likeness (QED) is 0.699. The Morgan fingerprint density at radius 3 is 2.28 bits per heavy atom. The lowest BCUT2D eigenvalue weighted by Crippen LogP contribution is -1.93. The second kappa shape index (κ2) is 6.31. The highest BCUT2D eigenvalue weighted by Crippen LogP contribution is 2.36. The van der Waals surface area contributed by atoms with Gasteiger partial charge in [-0.25, -0.2) is 0 Å². The maximum absolute atomic E-state index is 6.52. The first kappa shape index (κ1) is 13.5. The van der Waals surface area contributed by atoms with Crippen LogP contribution in [0.25, 0.3) is 0 Å². The summed E-state index contributed by atoms with van der Waals surface area (Å²) in [5.41, 5.74) is 2.65. The van der Waals surface area contributed by atoms with Crippen LogP contribution < -0.4 is 0 Å². The zero-order chi connectivity index (χ0) is 13.0. The summed E-state index contributed by atoms with van der Waals surface area (Å²) in [4.78, 5) is 2.38. The molecule has 0 aliphatic carbocycles. The van der Waals surface area contributed by atoms with Gasteiger partial charge in [-0.1, -0.05) is 61.5 Å². The monoisotopic (exact) mass is 276 g/mol. The largest absolute Gasteiger partial charge is 0.0885 e. The predicted octanol–water partition coefficient (Wildman–Crippen LogP) is 5.62. The van der Waals surface area contributed by atoms with Crippen LogP contribution in [0.1, 0.15) is 25.0 Å². The number of halogens is 1. The molecule has 0 N–H and O–H groups in total. The Kier molecular flexibility index (Phi) is 4.73. The van der Waals surface area contributed by atoms with Crippen molar-refractivity contribution in [2.45, 2.75) is 36.5 Å². The molecule has 0 nitrogen and oxygen atoms in total. The van der Waals surface area contributed by atoms with E-state index in [1.54, 1.807) is 11.8 Å². The van der Waals surface area contributed by atoms with Gasteiger partial charge < -0.3 is 0 Å². The molecule has 0 bridgehead atoms. The summed E-state index contributed by atoms with van der Waals surface area (Å²) >= 11 is 8.25. The molecule has 0 aliphatic heterocycles. The van der Waals surface area contributed by atoms with E-state index in [2.05, 4.69) is 50.2 Å². The van der Waals surface area contributed by atoms with Gasteiger partial charge >= 0.3 is 0 Å². The summed E-state index contributed by atoms with van der Waals surface area (Å²) in [7, 11) is 0. The third kappa shape index (κ3) is 2.90. The molecule has 0 fully saturated rings. The van der Waals surface area contributed by atoms with Crippen molar-refractivity contribution < 1.29 is 0 Å². The molecule has 0 aliphatic rings. The number of rotatable bonds is 4. The highest BCUT2D eigenvalue weighted by molar-refractivity contribution is 7.99. The Morgan fingerprint density at radius 1 is 0.944 bits per heavy atom. The molecular formula is C16H17ClS. The van der Waals surface area contributed by atoms with Crippen molar-refractivity contribution in [2.75, 3.05) is 0 Å². The van der Waals surface area contributed by atoms with Crippen molar-refractivity contribution in [2.24, 2.45) is 0 Å². The normalized spacial score (nSPS) is 10.6. The minimum atomic E-state index is 0.922. The van der Waals surface area contributed by atoms with Crippen LogP contribution >= 0.6 is 23.4 Å². The fraction of sp³-hybridized carbons (Fsp3) is 0.250. The van der Waals surface area contributed by atoms with Gasteiger partial charge in [-0.15, -0.1) is 0 Å². The molecule has 2 aromatic carbocycles. The maximum atomic E-state index is 6.52. The summed E-state index contributed by atoms with van der Waals surface area (Å²) in [5.74, 6) is 0. The fourth-order valence-electron chi connectivity index (χ4n) is 2.05. The van der Waals surface area contributed by atoms with Crippen molar-refractivity contribution in [1.29, 1.82) is 0 Å². The van der Waals surface area contributed by atoms with Gasteiger partial charge in [0.15, 0.2) is 0 Å². The van der Waals surface area contributed by atoms with E-state index in [1.165, 1.54) is 16.0 Å². The summed E-state index contributed by atoms with van der Waals surface area (Å²) in [6.45, 7) is 4.34. The third-order valence-electron chi connectivity index (χ3n) is 3.01. The highest BCUT2D eigenvalue weighted by atomic mass is 35.5. The second-order valence-electron chi connectivity index (χ2n) is 4.14. The van der Waals surface area contributed by atoms with E-state index in [0.29, 0.717) is 0 Å². The van der Waals surface area contributed by atoms with Gasteiger partial charge in [-0.3, -0.25) is 0 Å². The average molecular weight is 277 g/mol. The van der Waals surface area contributed by atoms with Gasteiger partial charge in [0, 0.05) is 9.79 Å². The van der Waals surface area contributed by atoms with Gasteiger partial charge in [0.05, 0.1) is 5.02 Å². The molecule has 18 heavy (non-hydrogen) atoms. The standard InChI is InChI=1S/C16H17ClS/c1-3-12-10-11-15(16(17)14(12)4-2)18-13-8-6-5-7-9-13/h5-11H,3-4H2,1-2H3. The summed E-state index contributed by atoms with van der Waals surface area (Å²) < 4.78 is 0. The summed E-state index contributed by atoms with van der Waals surface area (Å²) in [6, 6.07) is 14.7. The second-order valence-corrected chi connectivity index (χ2v) is 5.63. The molecule has 0 spiro atoms. The first-order chi connectivity index (χ1) is 8.76. The van der Waals surface area contributed by atoms with Crippen LogP contribution in [0.2, 0.25) is 5.02 Å². The van der Waals surface area contributed by atoms with Crippen LogP contribution in [-0.4, -0.2) is 0 Å². The Hall–Kier alpha value is -0.920. The predicted molar refractivity (Wildman–Crippen MR) is 80.8 cm³/mol. The lowest BCUT2D eigenvalue weighted by molar-refractivity contribution is 1.02. The highest BCUT2D eigenvalue weighted by Gasteiger charge is 2.10. The molecule has 0 radical (unpaired) electrons. The summed E-state index contributed by atoms with van der Waals surface area (Å²) in [5, 5.41) is 0.922. The van der Waals surface area contributed by atoms with E-state index in [1.807, 2.05) is 6.07 Å². The van der Waals surface area contributed by atoms with Gasteiger partial charge in [0.2, 0.25) is 0 Å². The molecule has 2 aromatic rings. The van der Waals surface area contributed by atoms with Crippen LogP contribution in [0.15, 0.2) is 52.3 Å². The Balaban J connectivity index is 2.35. The third-order valence-corrected chi connectivity index (χ3v) is 4.62. The molecule has 94 valence electrons. The summed E-state index contributed by atoms with van der Waals surface area (Å²) in [6.07, 6.45) is 2.03. The average Bonchev–Trinajstić information content (AvgIpc) is 2.42. The molecule has 0 heterocycles. The zero-order valence-corrected chi connectivity index (χ0v) is 12.3. The maximum Gasteiger partial charge on any atom is 0.0580 e. The molecule has 0 aromatic heterocycles. The molecule has 0 amide bonds. The minimum Gasteiger partial charge on any atom is -0.0885 e. The van der Waals surface area contributed by atoms with Crippen molar-refractivity contribution in [3.05, 3.63) is 58.6 Å². The smallest absolute Gasteiger partial charge is 0.0580 e. The van der Waals surface area contributed by atoms with Crippen molar-refractivity contribution in [1.82, 2.24) is 0 Å². The number of hydrogen-bond acceptors (Lipinski definition) is 1. The fourth-order valence-corrected chi connectivity index (χ4v) is 3.38. The van der Waals surface area contributed by atoms with Crippen LogP contribution in [0.3, 0.4) is 0 Å². The van der Waals surface area contributed by atoms with Gasteiger partial charge in [-0.2, -0.15) is 0 Å². The lowest BCUT2D eigenvalue weighted by Gasteiger charge is -2.12. The molecule has 0 saturated carbocycles. The van der Waals surface area contributed by atoms with Gasteiger partial charge in [-0.05, 0) is 42.2 Å². The molecule has 0 atom stereocenters. The first-order valence-electron chi connectivity index (χ1n) is 6.29. The van der Waals surface area contributed by atoms with Crippen LogP contribution in [-0.2, 0) is 12.8 Å². The van der Waals surface area contributed by atoms with Crippen LogP contribution in [0, 0.1) is 0 Å². The molecule has 0 saturated heterocycles. The molecule has 2 heteroatoms. The van der Waals surface area contributed by atoms with E-state index in [9.17, 15) is 0 Å². The zero-order valence-electron chi connectivity index (χ0n) is 10.7. The number of benzene rings is 2. The van der Waals surface area contributed by atoms with E-state index < -0.39 is 0 Å². The molecule has 2 rings (SSSR count). The number of aryl methyl sites for hydroxylation is 1. The Morgan fingerprint density at radius 2 is 1.67 bits per heavy atom. The Labute approximate surface area is 118 Å². The van der Waals surface area contributed by atoms with Gasteiger partial charge in [0.1, 0.15) is 0 Å². The van der Waals surface area contributed by atoms with Crippen molar-refractivity contribution >= 4 is 23.4 Å². The number of hydrogen-bond donors (Lipinski definition) is 0. The van der Waals surface area contributed by atoms with E-state index in [4.69, 9.17) is 11.6 Å². The lowest BCUT2D eigenvalue weighted by atomic mass is 10.0. The molecular weight excluding hydrogens is 260 g/mol. The van der Waals surface area contributed by atoms with E-state index >= 15 is 0 Å². The van der Waals surface area contributed by atoms with Crippen LogP contribution in [0.5, 0.6) is 0 Å². The SMILES string of the molecule is CCc1ccc(Sc2ccccc2)c(Cl)c1CC.